The van der Waals surface area contributed by atoms with Gasteiger partial charge in [-0.2, -0.15) is 0 Å². The molecule has 4 heteroatoms. The highest BCUT2D eigenvalue weighted by molar-refractivity contribution is 6.06. The van der Waals surface area contributed by atoms with Gasteiger partial charge in [0.1, 0.15) is 0 Å². The van der Waals surface area contributed by atoms with E-state index in [-0.39, 0.29) is 5.91 Å². The molecule has 2 saturated heterocycles. The Balaban J connectivity index is 1.45. The fourth-order valence-corrected chi connectivity index (χ4v) is 4.41. The van der Waals surface area contributed by atoms with Crippen molar-refractivity contribution >= 4 is 16.8 Å². The Morgan fingerprint density at radius 1 is 1.08 bits per heavy atom. The zero-order chi connectivity index (χ0) is 16.1. The predicted octanol–water partition coefficient (Wildman–Crippen LogP) is 3.13. The van der Waals surface area contributed by atoms with Crippen molar-refractivity contribution in [2.45, 2.75) is 62.6 Å². The molecule has 2 unspecified atom stereocenters. The van der Waals surface area contributed by atoms with Gasteiger partial charge in [0, 0.05) is 35.1 Å². The summed E-state index contributed by atoms with van der Waals surface area (Å²) < 4.78 is 0. The Bertz CT molecular complexity index is 787. The topological polar surface area (TPSA) is 54.0 Å². The van der Waals surface area contributed by atoms with Crippen LogP contribution in [0.5, 0.6) is 0 Å². The van der Waals surface area contributed by atoms with Crippen molar-refractivity contribution in [1.29, 1.82) is 0 Å². The van der Waals surface area contributed by atoms with E-state index in [2.05, 4.69) is 10.6 Å². The number of piperidine rings is 1. The second kappa shape index (κ2) is 5.55. The number of nitrogens with one attached hydrogen (secondary N) is 2. The molecule has 4 nitrogen and oxygen atoms in total. The summed E-state index contributed by atoms with van der Waals surface area (Å²) in [4.78, 5) is 17.8. The number of carbonyl (C=O) groups is 1. The zero-order valence-corrected chi connectivity index (χ0v) is 13.8. The number of fused-ring (bicyclic) bond motifs is 3. The second-order valence-electron chi connectivity index (χ2n) is 7.67. The highest BCUT2D eigenvalue weighted by atomic mass is 16.1. The van der Waals surface area contributed by atoms with Crippen LogP contribution in [0, 0.1) is 0 Å². The first kappa shape index (κ1) is 14.4. The van der Waals surface area contributed by atoms with Crippen LogP contribution < -0.4 is 10.6 Å². The van der Waals surface area contributed by atoms with E-state index in [1.165, 1.54) is 25.7 Å². The lowest BCUT2D eigenvalue weighted by molar-refractivity contribution is 0.0925. The van der Waals surface area contributed by atoms with Crippen LogP contribution in [-0.2, 0) is 0 Å². The molecule has 1 aromatic heterocycles. The molecule has 24 heavy (non-hydrogen) atoms. The highest BCUT2D eigenvalue weighted by Crippen LogP contribution is 2.40. The highest BCUT2D eigenvalue weighted by Gasteiger charge is 2.34. The van der Waals surface area contributed by atoms with Crippen LogP contribution >= 0.6 is 0 Å². The van der Waals surface area contributed by atoms with Crippen molar-refractivity contribution in [1.82, 2.24) is 15.6 Å². The van der Waals surface area contributed by atoms with Gasteiger partial charge in [0.2, 0.25) is 0 Å². The van der Waals surface area contributed by atoms with Gasteiger partial charge in [-0.25, -0.2) is 0 Å². The minimum atomic E-state index is 0.0711. The monoisotopic (exact) mass is 321 g/mol. The average molecular weight is 321 g/mol. The minimum absolute atomic E-state index is 0.0711. The van der Waals surface area contributed by atoms with Crippen molar-refractivity contribution in [2.24, 2.45) is 0 Å². The normalized spacial score (nSPS) is 28.9. The van der Waals surface area contributed by atoms with Gasteiger partial charge >= 0.3 is 0 Å². The van der Waals surface area contributed by atoms with E-state index in [0.717, 1.165) is 35.0 Å². The predicted molar refractivity (Wildman–Crippen MR) is 94.2 cm³/mol. The average Bonchev–Trinajstić information content (AvgIpc) is 3.39. The largest absolute Gasteiger partial charge is 0.349 e. The van der Waals surface area contributed by atoms with Crippen molar-refractivity contribution in [3.05, 3.63) is 41.6 Å². The van der Waals surface area contributed by atoms with Gasteiger partial charge in [-0.05, 0) is 50.7 Å². The smallest absolute Gasteiger partial charge is 0.252 e. The quantitative estimate of drug-likeness (QED) is 0.913. The molecule has 1 amide bonds. The van der Waals surface area contributed by atoms with Gasteiger partial charge < -0.3 is 10.6 Å². The summed E-state index contributed by atoms with van der Waals surface area (Å²) in [6.45, 7) is 0. The number of rotatable bonds is 3. The Labute approximate surface area is 142 Å². The van der Waals surface area contributed by atoms with Crippen LogP contribution in [-0.4, -0.2) is 29.0 Å². The van der Waals surface area contributed by atoms with Gasteiger partial charge in [-0.15, -0.1) is 0 Å². The van der Waals surface area contributed by atoms with E-state index in [1.54, 1.807) is 0 Å². The van der Waals surface area contributed by atoms with Gasteiger partial charge in [-0.3, -0.25) is 9.78 Å². The van der Waals surface area contributed by atoms with Gasteiger partial charge in [0.15, 0.2) is 0 Å². The molecular formula is C20H23N3O. The molecule has 2 N–H and O–H groups in total. The molecule has 2 bridgehead atoms. The standard InChI is InChI=1S/C20H23N3O/c24-20(22-15-9-13-7-8-14(10-15)21-13)17-11-19(12-5-6-12)23-18-4-2-1-3-16(17)18/h1-4,11-15,21H,5-10H2,(H,22,24). The molecule has 3 fully saturated rings. The van der Waals surface area contributed by atoms with E-state index < -0.39 is 0 Å². The van der Waals surface area contributed by atoms with Crippen LogP contribution in [0.15, 0.2) is 30.3 Å². The Kier molecular flexibility index (Phi) is 3.33. The summed E-state index contributed by atoms with van der Waals surface area (Å²) in [5.74, 6) is 0.623. The fraction of sp³-hybridized carbons (Fsp3) is 0.500. The molecule has 3 aliphatic rings. The number of amides is 1. The minimum Gasteiger partial charge on any atom is -0.349 e. The number of para-hydroxylation sites is 1. The second-order valence-corrected chi connectivity index (χ2v) is 7.67. The first-order valence-corrected chi connectivity index (χ1v) is 9.23. The molecule has 2 atom stereocenters. The molecule has 1 aromatic carbocycles. The summed E-state index contributed by atoms with van der Waals surface area (Å²) in [5.41, 5.74) is 2.83. The molecule has 2 aromatic rings. The molecule has 1 aliphatic carbocycles. The number of benzene rings is 1. The fourth-order valence-electron chi connectivity index (χ4n) is 4.41. The van der Waals surface area contributed by atoms with Crippen LogP contribution in [0.4, 0.5) is 0 Å². The third-order valence-corrected chi connectivity index (χ3v) is 5.78. The Hall–Kier alpha value is -1.94. The number of hydrogen-bond donors (Lipinski definition) is 2. The maximum Gasteiger partial charge on any atom is 0.252 e. The third kappa shape index (κ3) is 2.59. The number of pyridine rings is 1. The van der Waals surface area contributed by atoms with Crippen LogP contribution in [0.1, 0.15) is 60.5 Å². The molecule has 2 aliphatic heterocycles. The molecule has 0 spiro atoms. The van der Waals surface area contributed by atoms with Crippen molar-refractivity contribution < 1.29 is 4.79 Å². The van der Waals surface area contributed by atoms with E-state index in [1.807, 2.05) is 30.3 Å². The maximum atomic E-state index is 13.0. The number of carbonyl (C=O) groups excluding carboxylic acids is 1. The van der Waals surface area contributed by atoms with Crippen molar-refractivity contribution in [3.63, 3.8) is 0 Å². The molecule has 124 valence electrons. The summed E-state index contributed by atoms with van der Waals surface area (Å²) in [7, 11) is 0. The molecule has 0 radical (unpaired) electrons. The molecule has 1 saturated carbocycles. The van der Waals surface area contributed by atoms with Crippen molar-refractivity contribution in [3.8, 4) is 0 Å². The molecule has 5 rings (SSSR count). The van der Waals surface area contributed by atoms with E-state index in [4.69, 9.17) is 4.98 Å². The van der Waals surface area contributed by atoms with Gasteiger partial charge in [-0.1, -0.05) is 18.2 Å². The van der Waals surface area contributed by atoms with Crippen LogP contribution in [0.2, 0.25) is 0 Å². The number of nitrogens with zero attached hydrogens (tertiary/aromatic N) is 1. The summed E-state index contributed by atoms with van der Waals surface area (Å²) in [5, 5.41) is 7.91. The first-order valence-electron chi connectivity index (χ1n) is 9.23. The van der Waals surface area contributed by atoms with Crippen LogP contribution in [0.3, 0.4) is 0 Å². The first-order chi connectivity index (χ1) is 11.8. The van der Waals surface area contributed by atoms with Gasteiger partial charge in [0.25, 0.3) is 5.91 Å². The summed E-state index contributed by atoms with van der Waals surface area (Å²) >= 11 is 0. The molecule has 3 heterocycles. The lowest BCUT2D eigenvalue weighted by Crippen LogP contribution is -2.48. The lowest BCUT2D eigenvalue weighted by Gasteiger charge is -2.29. The molecular weight excluding hydrogens is 298 g/mol. The van der Waals surface area contributed by atoms with E-state index in [9.17, 15) is 4.79 Å². The zero-order valence-electron chi connectivity index (χ0n) is 13.8. The SMILES string of the molecule is O=C(NC1CC2CCC(C1)N2)c1cc(C2CC2)nc2ccccc12. The van der Waals surface area contributed by atoms with Crippen LogP contribution in [0.25, 0.3) is 10.9 Å². The summed E-state index contributed by atoms with van der Waals surface area (Å²) in [6, 6.07) is 11.5. The number of hydrogen-bond acceptors (Lipinski definition) is 3. The third-order valence-electron chi connectivity index (χ3n) is 5.78. The van der Waals surface area contributed by atoms with Gasteiger partial charge in [0.05, 0.1) is 11.1 Å². The lowest BCUT2D eigenvalue weighted by atomic mass is 9.98. The summed E-state index contributed by atoms with van der Waals surface area (Å²) in [6.07, 6.45) is 7.01. The van der Waals surface area contributed by atoms with E-state index >= 15 is 0 Å². The van der Waals surface area contributed by atoms with E-state index in [0.29, 0.717) is 24.0 Å². The Morgan fingerprint density at radius 3 is 2.58 bits per heavy atom. The van der Waals surface area contributed by atoms with Crippen molar-refractivity contribution in [2.75, 3.05) is 0 Å². The number of aromatic nitrogens is 1. The maximum absolute atomic E-state index is 13.0. The Morgan fingerprint density at radius 2 is 1.83 bits per heavy atom.